The van der Waals surface area contributed by atoms with Gasteiger partial charge < -0.3 is 20.7 Å². The van der Waals surface area contributed by atoms with Crippen LogP contribution < -0.4 is 10.5 Å². The van der Waals surface area contributed by atoms with Crippen molar-refractivity contribution in [3.05, 3.63) is 47.8 Å². The number of amides is 1. The van der Waals surface area contributed by atoms with Gasteiger partial charge in [-0.2, -0.15) is 5.10 Å². The number of hydrogen-bond acceptors (Lipinski definition) is 5. The molecule has 4 N–H and O–H groups in total. The van der Waals surface area contributed by atoms with Crippen molar-refractivity contribution in [1.29, 1.82) is 0 Å². The van der Waals surface area contributed by atoms with Crippen LogP contribution in [-0.4, -0.2) is 39.1 Å². The summed E-state index contributed by atoms with van der Waals surface area (Å²) in [5.74, 6) is -0.359. The Bertz CT molecular complexity index is 613. The largest absolute Gasteiger partial charge is 0.496 e. The topological polar surface area (TPSA) is 111 Å². The zero-order valence-electron chi connectivity index (χ0n) is 11.5. The van der Waals surface area contributed by atoms with Gasteiger partial charge in [0.25, 0.3) is 0 Å². The molecule has 0 bridgehead atoms. The number of nitrogens with zero attached hydrogens (tertiary/aromatic N) is 2. The standard InChI is InChI=1S/C14H17N3O4/c1-21-11-4-3-9(12(18)13(19)14(15)20)7-10(11)8-17-6-2-5-16-17/h2-7,12-13,18-19H,8H2,1H3,(H2,15,20). The van der Waals surface area contributed by atoms with Gasteiger partial charge in [0, 0.05) is 18.0 Å². The summed E-state index contributed by atoms with van der Waals surface area (Å²) in [5, 5.41) is 23.6. The first-order valence-electron chi connectivity index (χ1n) is 6.32. The van der Waals surface area contributed by atoms with Crippen molar-refractivity contribution in [3.8, 4) is 5.75 Å². The highest BCUT2D eigenvalue weighted by Crippen LogP contribution is 2.25. The number of ether oxygens (including phenoxy) is 1. The molecule has 1 aromatic heterocycles. The second kappa shape index (κ2) is 6.38. The average molecular weight is 291 g/mol. The molecule has 7 heteroatoms. The van der Waals surface area contributed by atoms with Gasteiger partial charge >= 0.3 is 0 Å². The number of methoxy groups -OCH3 is 1. The SMILES string of the molecule is COc1ccc(C(O)C(O)C(N)=O)cc1Cn1cccn1. The molecular weight excluding hydrogens is 274 g/mol. The lowest BCUT2D eigenvalue weighted by Crippen LogP contribution is -2.33. The maximum atomic E-state index is 11.0. The smallest absolute Gasteiger partial charge is 0.249 e. The first-order chi connectivity index (χ1) is 10.0. The number of hydrogen-bond donors (Lipinski definition) is 3. The Morgan fingerprint density at radius 2 is 2.24 bits per heavy atom. The van der Waals surface area contributed by atoms with Gasteiger partial charge in [-0.3, -0.25) is 9.48 Å². The van der Waals surface area contributed by atoms with Crippen molar-refractivity contribution in [2.75, 3.05) is 7.11 Å². The number of rotatable bonds is 6. The minimum absolute atomic E-state index is 0.379. The van der Waals surface area contributed by atoms with Gasteiger partial charge in [0.1, 0.15) is 11.9 Å². The second-order valence-corrected chi connectivity index (χ2v) is 4.57. The highest BCUT2D eigenvalue weighted by atomic mass is 16.5. The van der Waals surface area contributed by atoms with Gasteiger partial charge in [0.2, 0.25) is 5.91 Å². The number of aromatic nitrogens is 2. The average Bonchev–Trinajstić information content (AvgIpc) is 2.98. The maximum Gasteiger partial charge on any atom is 0.249 e. The lowest BCUT2D eigenvalue weighted by atomic mass is 10.0. The number of aliphatic hydroxyl groups is 2. The molecule has 112 valence electrons. The normalized spacial score (nSPS) is 13.7. The van der Waals surface area contributed by atoms with Gasteiger partial charge in [-0.05, 0) is 23.8 Å². The van der Waals surface area contributed by atoms with Crippen molar-refractivity contribution in [1.82, 2.24) is 9.78 Å². The van der Waals surface area contributed by atoms with E-state index in [1.54, 1.807) is 41.3 Å². The minimum Gasteiger partial charge on any atom is -0.496 e. The molecular formula is C14H17N3O4. The van der Waals surface area contributed by atoms with Gasteiger partial charge in [0.15, 0.2) is 6.10 Å². The number of aliphatic hydroxyl groups excluding tert-OH is 2. The third-order valence-corrected chi connectivity index (χ3v) is 3.13. The van der Waals surface area contributed by atoms with Gasteiger partial charge in [-0.25, -0.2) is 0 Å². The van der Waals surface area contributed by atoms with Crippen LogP contribution in [0.4, 0.5) is 0 Å². The molecule has 0 aliphatic rings. The summed E-state index contributed by atoms with van der Waals surface area (Å²) in [6.07, 6.45) is 0.406. The number of benzene rings is 1. The first kappa shape index (κ1) is 15.0. The monoisotopic (exact) mass is 291 g/mol. The van der Waals surface area contributed by atoms with E-state index in [4.69, 9.17) is 10.5 Å². The Hall–Kier alpha value is -2.38. The fourth-order valence-electron chi connectivity index (χ4n) is 2.01. The molecule has 2 aromatic rings. The lowest BCUT2D eigenvalue weighted by Gasteiger charge is -2.17. The van der Waals surface area contributed by atoms with Gasteiger partial charge in [-0.15, -0.1) is 0 Å². The van der Waals surface area contributed by atoms with E-state index >= 15 is 0 Å². The van der Waals surface area contributed by atoms with Crippen molar-refractivity contribution in [2.24, 2.45) is 5.73 Å². The van der Waals surface area contributed by atoms with E-state index in [0.29, 0.717) is 17.9 Å². The summed E-state index contributed by atoms with van der Waals surface area (Å²) < 4.78 is 6.95. The van der Waals surface area contributed by atoms with E-state index in [0.717, 1.165) is 5.56 Å². The molecule has 2 atom stereocenters. The summed E-state index contributed by atoms with van der Waals surface area (Å²) in [6, 6.07) is 6.67. The molecule has 1 amide bonds. The van der Waals surface area contributed by atoms with Gasteiger partial charge in [0.05, 0.1) is 13.7 Å². The summed E-state index contributed by atoms with van der Waals surface area (Å²) >= 11 is 0. The maximum absolute atomic E-state index is 11.0. The molecule has 2 rings (SSSR count). The number of carbonyl (C=O) groups excluding carboxylic acids is 1. The molecule has 21 heavy (non-hydrogen) atoms. The molecule has 7 nitrogen and oxygen atoms in total. The van der Waals surface area contributed by atoms with Crippen LogP contribution in [0.25, 0.3) is 0 Å². The summed E-state index contributed by atoms with van der Waals surface area (Å²) in [7, 11) is 1.54. The lowest BCUT2D eigenvalue weighted by molar-refractivity contribution is -0.131. The van der Waals surface area contributed by atoms with E-state index in [9.17, 15) is 15.0 Å². The summed E-state index contributed by atoms with van der Waals surface area (Å²) in [5.41, 5.74) is 6.13. The van der Waals surface area contributed by atoms with E-state index in [-0.39, 0.29) is 0 Å². The van der Waals surface area contributed by atoms with Crippen LogP contribution in [0.5, 0.6) is 5.75 Å². The van der Waals surface area contributed by atoms with Crippen LogP contribution in [0.1, 0.15) is 17.2 Å². The highest BCUT2D eigenvalue weighted by Gasteiger charge is 2.24. The Morgan fingerprint density at radius 1 is 1.48 bits per heavy atom. The molecule has 0 aliphatic heterocycles. The Labute approximate surface area is 121 Å². The molecule has 2 unspecified atom stereocenters. The molecule has 0 saturated carbocycles. The van der Waals surface area contributed by atoms with E-state index in [1.165, 1.54) is 7.11 Å². The van der Waals surface area contributed by atoms with Crippen molar-refractivity contribution in [2.45, 2.75) is 18.8 Å². The highest BCUT2D eigenvalue weighted by molar-refractivity contribution is 5.79. The quantitative estimate of drug-likeness (QED) is 0.683. The van der Waals surface area contributed by atoms with Crippen molar-refractivity contribution >= 4 is 5.91 Å². The first-order valence-corrected chi connectivity index (χ1v) is 6.32. The summed E-state index contributed by atoms with van der Waals surface area (Å²) in [6.45, 7) is 0.434. The molecule has 0 radical (unpaired) electrons. The molecule has 0 saturated heterocycles. The fraction of sp³-hybridized carbons (Fsp3) is 0.286. The predicted octanol–water partition coefficient (Wildman–Crippen LogP) is -0.180. The van der Waals surface area contributed by atoms with Crippen LogP contribution >= 0.6 is 0 Å². The van der Waals surface area contributed by atoms with Crippen LogP contribution in [0.2, 0.25) is 0 Å². The molecule has 0 fully saturated rings. The number of nitrogens with two attached hydrogens (primary N) is 1. The minimum atomic E-state index is -1.66. The van der Waals surface area contributed by atoms with Crippen molar-refractivity contribution < 1.29 is 19.7 Å². The molecule has 1 aromatic carbocycles. The Balaban J connectivity index is 2.30. The number of primary amides is 1. The Morgan fingerprint density at radius 3 is 2.81 bits per heavy atom. The number of carbonyl (C=O) groups is 1. The van der Waals surface area contributed by atoms with E-state index in [2.05, 4.69) is 5.10 Å². The van der Waals surface area contributed by atoms with Crippen LogP contribution in [0, 0.1) is 0 Å². The van der Waals surface area contributed by atoms with E-state index in [1.807, 2.05) is 0 Å². The van der Waals surface area contributed by atoms with E-state index < -0.39 is 18.1 Å². The zero-order valence-corrected chi connectivity index (χ0v) is 11.5. The zero-order chi connectivity index (χ0) is 15.4. The molecule has 0 aliphatic carbocycles. The van der Waals surface area contributed by atoms with Crippen LogP contribution in [-0.2, 0) is 11.3 Å². The van der Waals surface area contributed by atoms with Crippen LogP contribution in [0.3, 0.4) is 0 Å². The van der Waals surface area contributed by atoms with Crippen LogP contribution in [0.15, 0.2) is 36.7 Å². The van der Waals surface area contributed by atoms with Gasteiger partial charge in [-0.1, -0.05) is 6.07 Å². The molecule has 0 spiro atoms. The second-order valence-electron chi connectivity index (χ2n) is 4.57. The third kappa shape index (κ3) is 3.39. The predicted molar refractivity (Wildman–Crippen MR) is 74.5 cm³/mol. The summed E-state index contributed by atoms with van der Waals surface area (Å²) in [4.78, 5) is 11.0. The fourth-order valence-corrected chi connectivity index (χ4v) is 2.01. The van der Waals surface area contributed by atoms with Crippen molar-refractivity contribution in [3.63, 3.8) is 0 Å². The Kier molecular flexibility index (Phi) is 4.56. The third-order valence-electron chi connectivity index (χ3n) is 3.13. The molecule has 1 heterocycles.